The maximum absolute atomic E-state index is 13.0. The van der Waals surface area contributed by atoms with E-state index >= 15 is 0 Å². The van der Waals surface area contributed by atoms with Crippen LogP contribution < -0.4 is 15.8 Å². The van der Waals surface area contributed by atoms with Gasteiger partial charge in [0.2, 0.25) is 11.8 Å². The lowest BCUT2D eigenvalue weighted by Gasteiger charge is -2.25. The summed E-state index contributed by atoms with van der Waals surface area (Å²) in [7, 11) is 0. The SMILES string of the molecule is CSCC[C@H](NC(=O)[C@@H]1C[C@H](Oc2ccccc2)CN1C(=O)CCC[C@@H](N)CS)C(=O)O.O=C(O)C(F)(F)F.O=C(O)C(F)(F)F. The van der Waals surface area contributed by atoms with Gasteiger partial charge in [-0.15, -0.1) is 0 Å². The number of likely N-dealkylation sites (tertiary alicyclic amines) is 1. The van der Waals surface area contributed by atoms with Crippen molar-refractivity contribution in [3.63, 3.8) is 0 Å². The second kappa shape index (κ2) is 20.7. The number of hydrogen-bond donors (Lipinski definition) is 6. The Bertz CT molecular complexity index is 1110. The number of amides is 2. The summed E-state index contributed by atoms with van der Waals surface area (Å²) in [6, 6.07) is 7.38. The number of rotatable bonds is 13. The second-order valence-electron chi connectivity index (χ2n) is 9.47. The Morgan fingerprint density at radius 1 is 1.02 bits per heavy atom. The molecule has 1 aromatic carbocycles. The van der Waals surface area contributed by atoms with Gasteiger partial charge in [0.05, 0.1) is 6.54 Å². The highest BCUT2D eigenvalue weighted by atomic mass is 32.2. The Balaban J connectivity index is 0.00000120. The Kier molecular flexibility index (Phi) is 19.2. The first kappa shape index (κ1) is 42.6. The minimum atomic E-state index is -5.08. The number of alkyl halides is 6. The largest absolute Gasteiger partial charge is 0.490 e. The highest BCUT2D eigenvalue weighted by Crippen LogP contribution is 2.25. The number of halogens is 6. The minimum absolute atomic E-state index is 0.0780. The van der Waals surface area contributed by atoms with Crippen LogP contribution in [0, 0.1) is 0 Å². The predicted molar refractivity (Wildman–Crippen MR) is 157 cm³/mol. The van der Waals surface area contributed by atoms with Crippen LogP contribution in [0.15, 0.2) is 30.3 Å². The molecule has 1 heterocycles. The number of carbonyl (C=O) groups excluding carboxylic acids is 2. The molecule has 0 radical (unpaired) electrons. The van der Waals surface area contributed by atoms with Crippen LogP contribution in [0.2, 0.25) is 0 Å². The number of para-hydroxylation sites is 1. The normalized spacial score (nSPS) is 17.3. The molecule has 2 amide bonds. The summed E-state index contributed by atoms with van der Waals surface area (Å²) >= 11 is 5.67. The van der Waals surface area contributed by atoms with Crippen molar-refractivity contribution in [1.82, 2.24) is 10.2 Å². The maximum atomic E-state index is 13.0. The molecule has 262 valence electrons. The first-order chi connectivity index (χ1) is 21.2. The first-order valence-corrected chi connectivity index (χ1v) is 15.3. The molecule has 20 heteroatoms. The standard InChI is InChI=1S/C22H33N3O5S2.2C2HF3O2/c1-32-11-10-18(22(28)29)24-21(27)19-12-17(30-16-7-3-2-4-8-16)13-25(19)20(26)9-5-6-15(23)14-31;2*3-2(4,5)1(6)7/h2-4,7-8,15,17-19,31H,5-6,9-14,23H2,1H3,(H,24,27)(H,28,29);2*(H,6,7)/t15-,17+,18+,19+;;/m1../s1. The minimum Gasteiger partial charge on any atom is -0.488 e. The van der Waals surface area contributed by atoms with E-state index in [4.69, 9.17) is 30.3 Å². The van der Waals surface area contributed by atoms with Crippen LogP contribution in [-0.2, 0) is 24.0 Å². The lowest BCUT2D eigenvalue weighted by molar-refractivity contribution is -0.193. The number of carboxylic acids is 3. The second-order valence-corrected chi connectivity index (χ2v) is 10.8. The summed E-state index contributed by atoms with van der Waals surface area (Å²) in [4.78, 5) is 56.8. The van der Waals surface area contributed by atoms with Crippen molar-refractivity contribution in [1.29, 1.82) is 0 Å². The quantitative estimate of drug-likeness (QED) is 0.130. The molecule has 1 fully saturated rings. The molecule has 4 atom stereocenters. The Morgan fingerprint density at radius 3 is 1.98 bits per heavy atom. The number of thiol groups is 1. The fourth-order valence-electron chi connectivity index (χ4n) is 3.61. The molecule has 46 heavy (non-hydrogen) atoms. The van der Waals surface area contributed by atoms with Gasteiger partial charge in [-0.05, 0) is 43.4 Å². The van der Waals surface area contributed by atoms with Crippen LogP contribution in [0.3, 0.4) is 0 Å². The lowest BCUT2D eigenvalue weighted by Crippen LogP contribution is -2.51. The Hall–Kier alpha value is -3.39. The van der Waals surface area contributed by atoms with Gasteiger partial charge in [-0.3, -0.25) is 9.59 Å². The van der Waals surface area contributed by atoms with E-state index in [-0.39, 0.29) is 31.0 Å². The van der Waals surface area contributed by atoms with Gasteiger partial charge >= 0.3 is 30.3 Å². The number of carbonyl (C=O) groups is 5. The molecule has 12 nitrogen and oxygen atoms in total. The fraction of sp³-hybridized carbons (Fsp3) is 0.577. The van der Waals surface area contributed by atoms with E-state index in [1.165, 1.54) is 16.7 Å². The van der Waals surface area contributed by atoms with E-state index in [9.17, 15) is 45.8 Å². The number of nitrogens with one attached hydrogen (secondary N) is 1. The zero-order valence-corrected chi connectivity index (χ0v) is 26.0. The van der Waals surface area contributed by atoms with Crippen LogP contribution in [0.25, 0.3) is 0 Å². The molecule has 0 bridgehead atoms. The summed E-state index contributed by atoms with van der Waals surface area (Å²) in [5, 5.41) is 26.3. The summed E-state index contributed by atoms with van der Waals surface area (Å²) in [5.41, 5.74) is 5.88. The highest BCUT2D eigenvalue weighted by molar-refractivity contribution is 7.98. The summed E-state index contributed by atoms with van der Waals surface area (Å²) < 4.78 is 69.5. The van der Waals surface area contributed by atoms with Gasteiger partial charge in [0.25, 0.3) is 0 Å². The first-order valence-electron chi connectivity index (χ1n) is 13.2. The molecule has 0 unspecified atom stereocenters. The van der Waals surface area contributed by atoms with Crippen molar-refractivity contribution in [3.8, 4) is 5.75 Å². The number of ether oxygens (including phenoxy) is 1. The van der Waals surface area contributed by atoms with E-state index in [1.807, 2.05) is 36.6 Å². The number of thioether (sulfide) groups is 1. The van der Waals surface area contributed by atoms with Crippen LogP contribution in [0.5, 0.6) is 5.75 Å². The van der Waals surface area contributed by atoms with Crippen LogP contribution in [0.4, 0.5) is 26.3 Å². The van der Waals surface area contributed by atoms with Gasteiger partial charge in [-0.25, -0.2) is 14.4 Å². The predicted octanol–water partition coefficient (Wildman–Crippen LogP) is 3.05. The van der Waals surface area contributed by atoms with Crippen molar-refractivity contribution in [2.75, 3.05) is 24.3 Å². The van der Waals surface area contributed by atoms with Crippen molar-refractivity contribution in [2.45, 2.75) is 68.7 Å². The molecule has 0 spiro atoms. The monoisotopic (exact) mass is 711 g/mol. The molecular weight excluding hydrogens is 676 g/mol. The van der Waals surface area contributed by atoms with E-state index in [0.717, 1.165) is 0 Å². The van der Waals surface area contributed by atoms with Gasteiger partial charge in [0.1, 0.15) is 23.9 Å². The Morgan fingerprint density at radius 2 is 1.54 bits per heavy atom. The third-order valence-electron chi connectivity index (χ3n) is 5.84. The van der Waals surface area contributed by atoms with Crippen molar-refractivity contribution in [3.05, 3.63) is 30.3 Å². The zero-order valence-electron chi connectivity index (χ0n) is 24.3. The van der Waals surface area contributed by atoms with Crippen molar-refractivity contribution >= 4 is 54.1 Å². The number of aliphatic carboxylic acids is 3. The fourth-order valence-corrected chi connectivity index (χ4v) is 4.26. The topological polar surface area (TPSA) is 197 Å². The summed E-state index contributed by atoms with van der Waals surface area (Å²) in [6.45, 7) is 0.271. The highest BCUT2D eigenvalue weighted by Gasteiger charge is 2.42. The number of nitrogens with two attached hydrogens (primary N) is 1. The van der Waals surface area contributed by atoms with Crippen molar-refractivity contribution < 1.29 is 70.4 Å². The van der Waals surface area contributed by atoms with Gasteiger partial charge in [0.15, 0.2) is 0 Å². The van der Waals surface area contributed by atoms with Crippen molar-refractivity contribution in [2.24, 2.45) is 5.73 Å². The van der Waals surface area contributed by atoms with Gasteiger partial charge in [0, 0.05) is 24.6 Å². The lowest BCUT2D eigenvalue weighted by atomic mass is 10.1. The molecule has 0 saturated carbocycles. The van der Waals surface area contributed by atoms with Gasteiger partial charge in [-0.2, -0.15) is 50.7 Å². The Labute approximate surface area is 269 Å². The molecule has 1 aromatic rings. The van der Waals surface area contributed by atoms with E-state index in [1.54, 1.807) is 0 Å². The molecular formula is C26H35F6N3O9S2. The number of nitrogens with zero attached hydrogens (tertiary/aromatic N) is 1. The number of benzene rings is 1. The third-order valence-corrected chi connectivity index (χ3v) is 6.95. The number of carboxylic acid groups (broad SMARTS) is 3. The van der Waals surface area contributed by atoms with E-state index in [2.05, 4.69) is 17.9 Å². The maximum Gasteiger partial charge on any atom is 0.490 e. The molecule has 0 aliphatic carbocycles. The molecule has 1 saturated heterocycles. The van der Waals surface area contributed by atoms with Crippen LogP contribution >= 0.6 is 24.4 Å². The smallest absolute Gasteiger partial charge is 0.488 e. The average Bonchev–Trinajstić information content (AvgIpc) is 3.39. The van der Waals surface area contributed by atoms with Gasteiger partial charge in [-0.1, -0.05) is 18.2 Å². The van der Waals surface area contributed by atoms with Crippen LogP contribution in [0.1, 0.15) is 32.1 Å². The third kappa shape index (κ3) is 17.3. The van der Waals surface area contributed by atoms with Gasteiger partial charge < -0.3 is 36.0 Å². The van der Waals surface area contributed by atoms with E-state index < -0.39 is 48.3 Å². The average molecular weight is 712 g/mol. The molecule has 2 rings (SSSR count). The van der Waals surface area contributed by atoms with Crippen LogP contribution in [-0.4, -0.2) is 111 Å². The van der Waals surface area contributed by atoms with E-state index in [0.29, 0.717) is 42.9 Å². The molecule has 1 aliphatic rings. The summed E-state index contributed by atoms with van der Waals surface area (Å²) in [5.74, 6) is -5.40. The summed E-state index contributed by atoms with van der Waals surface area (Å²) in [6.07, 6.45) is -6.50. The number of hydrogen-bond acceptors (Lipinski definition) is 9. The molecule has 6 N–H and O–H groups in total. The zero-order chi connectivity index (χ0) is 35.7. The molecule has 0 aromatic heterocycles. The molecule has 1 aliphatic heterocycles.